The third-order valence-corrected chi connectivity index (χ3v) is 4.64. The van der Waals surface area contributed by atoms with Gasteiger partial charge in [-0.05, 0) is 24.3 Å². The molecule has 7 nitrogen and oxygen atoms in total. The van der Waals surface area contributed by atoms with E-state index in [1.54, 1.807) is 42.5 Å². The summed E-state index contributed by atoms with van der Waals surface area (Å²) in [7, 11) is 1.57. The molecule has 1 aromatic heterocycles. The minimum Gasteiger partial charge on any atom is -0.497 e. The maximum absolute atomic E-state index is 12.8. The van der Waals surface area contributed by atoms with Crippen molar-refractivity contribution in [3.8, 4) is 5.75 Å². The van der Waals surface area contributed by atoms with E-state index in [1.807, 2.05) is 18.2 Å². The van der Waals surface area contributed by atoms with Gasteiger partial charge in [0.2, 0.25) is 11.8 Å². The first-order chi connectivity index (χ1) is 13.1. The molecular formula is C20H24N4O3. The molecule has 2 heterocycles. The second kappa shape index (κ2) is 8.53. The normalized spacial score (nSPS) is 14.0. The lowest BCUT2D eigenvalue weighted by atomic mass is 10.2. The van der Waals surface area contributed by atoms with E-state index in [-0.39, 0.29) is 18.4 Å². The summed E-state index contributed by atoms with van der Waals surface area (Å²) in [5.74, 6) is 1.33. The Morgan fingerprint density at radius 2 is 1.89 bits per heavy atom. The fraction of sp³-hybridized carbons (Fsp3) is 0.350. The maximum atomic E-state index is 12.8. The van der Waals surface area contributed by atoms with Crippen LogP contribution in [0.4, 0.5) is 11.5 Å². The Hall–Kier alpha value is -3.09. The minimum atomic E-state index is -0.177. The molecule has 2 amide bonds. The van der Waals surface area contributed by atoms with Crippen molar-refractivity contribution < 1.29 is 14.3 Å². The summed E-state index contributed by atoms with van der Waals surface area (Å²) < 4.78 is 5.22. The van der Waals surface area contributed by atoms with E-state index in [2.05, 4.69) is 9.88 Å². The van der Waals surface area contributed by atoms with Crippen LogP contribution in [0.2, 0.25) is 0 Å². The zero-order valence-electron chi connectivity index (χ0n) is 15.7. The van der Waals surface area contributed by atoms with Crippen LogP contribution in [-0.4, -0.2) is 61.5 Å². The number of hydrogen-bond donors (Lipinski definition) is 0. The van der Waals surface area contributed by atoms with Crippen LogP contribution in [0.15, 0.2) is 48.7 Å². The zero-order chi connectivity index (χ0) is 19.2. The Morgan fingerprint density at radius 3 is 2.52 bits per heavy atom. The number of aromatic nitrogens is 1. The van der Waals surface area contributed by atoms with Crippen molar-refractivity contribution in [2.45, 2.75) is 6.92 Å². The molecule has 0 spiro atoms. The number of rotatable bonds is 5. The van der Waals surface area contributed by atoms with Crippen molar-refractivity contribution in [3.05, 3.63) is 48.7 Å². The third kappa shape index (κ3) is 4.55. The molecule has 7 heteroatoms. The molecule has 3 rings (SSSR count). The summed E-state index contributed by atoms with van der Waals surface area (Å²) in [6, 6.07) is 13.0. The number of carbonyl (C=O) groups is 2. The smallest absolute Gasteiger partial charge is 0.242 e. The highest BCUT2D eigenvalue weighted by molar-refractivity contribution is 5.97. The molecule has 1 aliphatic heterocycles. The average Bonchev–Trinajstić information content (AvgIpc) is 2.72. The number of amides is 2. The summed E-state index contributed by atoms with van der Waals surface area (Å²) in [4.78, 5) is 34.6. The minimum absolute atomic E-state index is 0.0199. The number of nitrogens with zero attached hydrogens (tertiary/aromatic N) is 4. The van der Waals surface area contributed by atoms with Crippen LogP contribution in [0.25, 0.3) is 0 Å². The largest absolute Gasteiger partial charge is 0.497 e. The molecule has 1 aromatic carbocycles. The van der Waals surface area contributed by atoms with Crippen molar-refractivity contribution in [2.75, 3.05) is 49.6 Å². The molecule has 1 aliphatic rings. The van der Waals surface area contributed by atoms with Crippen LogP contribution < -0.4 is 14.5 Å². The van der Waals surface area contributed by atoms with Gasteiger partial charge in [0.25, 0.3) is 0 Å². The van der Waals surface area contributed by atoms with E-state index < -0.39 is 0 Å². The van der Waals surface area contributed by atoms with E-state index in [1.165, 1.54) is 11.8 Å². The van der Waals surface area contributed by atoms with Gasteiger partial charge in [-0.2, -0.15) is 0 Å². The van der Waals surface area contributed by atoms with Crippen molar-refractivity contribution >= 4 is 23.3 Å². The van der Waals surface area contributed by atoms with Gasteiger partial charge in [0.05, 0.1) is 7.11 Å². The molecule has 0 saturated carbocycles. The fourth-order valence-corrected chi connectivity index (χ4v) is 3.12. The SMILES string of the molecule is COc1cccc(N(CC(=O)N2CCN(c3ccccn3)CC2)C(C)=O)c1. The lowest BCUT2D eigenvalue weighted by Crippen LogP contribution is -2.52. The van der Waals surface area contributed by atoms with Crippen molar-refractivity contribution in [2.24, 2.45) is 0 Å². The van der Waals surface area contributed by atoms with Crippen molar-refractivity contribution in [1.82, 2.24) is 9.88 Å². The lowest BCUT2D eigenvalue weighted by molar-refractivity contribution is -0.131. The monoisotopic (exact) mass is 368 g/mol. The van der Waals surface area contributed by atoms with Crippen LogP contribution >= 0.6 is 0 Å². The predicted molar refractivity (Wildman–Crippen MR) is 104 cm³/mol. The highest BCUT2D eigenvalue weighted by atomic mass is 16.5. The van der Waals surface area contributed by atoms with Crippen LogP contribution in [0.1, 0.15) is 6.92 Å². The number of piperazine rings is 1. The van der Waals surface area contributed by atoms with E-state index >= 15 is 0 Å². The molecule has 0 aliphatic carbocycles. The second-order valence-corrected chi connectivity index (χ2v) is 6.36. The van der Waals surface area contributed by atoms with Gasteiger partial charge in [0, 0.05) is 51.1 Å². The average molecular weight is 368 g/mol. The van der Waals surface area contributed by atoms with E-state index in [9.17, 15) is 9.59 Å². The van der Waals surface area contributed by atoms with Gasteiger partial charge in [-0.25, -0.2) is 4.98 Å². The predicted octanol–water partition coefficient (Wildman–Crippen LogP) is 1.79. The second-order valence-electron chi connectivity index (χ2n) is 6.36. The standard InChI is InChI=1S/C20H24N4O3/c1-16(25)24(17-6-5-7-18(14-17)27-2)15-20(26)23-12-10-22(11-13-23)19-8-3-4-9-21-19/h3-9,14H,10-13,15H2,1-2H3. The lowest BCUT2D eigenvalue weighted by Gasteiger charge is -2.36. The summed E-state index contributed by atoms with van der Waals surface area (Å²) in [5, 5.41) is 0. The van der Waals surface area contributed by atoms with Crippen LogP contribution in [0, 0.1) is 0 Å². The first kappa shape index (κ1) is 18.7. The van der Waals surface area contributed by atoms with E-state index in [0.717, 1.165) is 18.9 Å². The molecule has 27 heavy (non-hydrogen) atoms. The Balaban J connectivity index is 1.62. The Labute approximate surface area is 159 Å². The van der Waals surface area contributed by atoms with Gasteiger partial charge in [0.1, 0.15) is 18.1 Å². The Bertz CT molecular complexity index is 789. The van der Waals surface area contributed by atoms with Crippen LogP contribution in [-0.2, 0) is 9.59 Å². The molecule has 0 atom stereocenters. The molecule has 0 radical (unpaired) electrons. The number of anilines is 2. The number of hydrogen-bond acceptors (Lipinski definition) is 5. The van der Waals surface area contributed by atoms with Gasteiger partial charge in [-0.15, -0.1) is 0 Å². The molecule has 2 aromatic rings. The molecule has 142 valence electrons. The van der Waals surface area contributed by atoms with Crippen LogP contribution in [0.5, 0.6) is 5.75 Å². The number of pyridine rings is 1. The first-order valence-corrected chi connectivity index (χ1v) is 8.94. The fourth-order valence-electron chi connectivity index (χ4n) is 3.12. The van der Waals surface area contributed by atoms with Gasteiger partial charge < -0.3 is 19.4 Å². The van der Waals surface area contributed by atoms with Crippen LogP contribution in [0.3, 0.4) is 0 Å². The third-order valence-electron chi connectivity index (χ3n) is 4.64. The molecule has 0 N–H and O–H groups in total. The van der Waals surface area contributed by atoms with Gasteiger partial charge >= 0.3 is 0 Å². The summed E-state index contributed by atoms with van der Waals surface area (Å²) in [6.45, 7) is 4.15. The van der Waals surface area contributed by atoms with E-state index in [0.29, 0.717) is 24.5 Å². The zero-order valence-corrected chi connectivity index (χ0v) is 15.7. The highest BCUT2D eigenvalue weighted by Gasteiger charge is 2.25. The molecule has 0 unspecified atom stereocenters. The summed E-state index contributed by atoms with van der Waals surface area (Å²) >= 11 is 0. The van der Waals surface area contributed by atoms with Gasteiger partial charge in [-0.3, -0.25) is 9.59 Å². The maximum Gasteiger partial charge on any atom is 0.242 e. The Kier molecular flexibility index (Phi) is 5.90. The van der Waals surface area contributed by atoms with Crippen molar-refractivity contribution in [3.63, 3.8) is 0 Å². The number of methoxy groups -OCH3 is 1. The quantitative estimate of drug-likeness (QED) is 0.805. The molecule has 0 bridgehead atoms. The Morgan fingerprint density at radius 1 is 1.11 bits per heavy atom. The summed E-state index contributed by atoms with van der Waals surface area (Å²) in [6.07, 6.45) is 1.77. The van der Waals surface area contributed by atoms with Crippen molar-refractivity contribution in [1.29, 1.82) is 0 Å². The molecular weight excluding hydrogens is 344 g/mol. The number of carbonyl (C=O) groups excluding carboxylic acids is 2. The van der Waals surface area contributed by atoms with Gasteiger partial charge in [0.15, 0.2) is 0 Å². The topological polar surface area (TPSA) is 66.0 Å². The molecule has 1 fully saturated rings. The summed E-state index contributed by atoms with van der Waals surface area (Å²) in [5.41, 5.74) is 0.655. The molecule has 1 saturated heterocycles. The number of benzene rings is 1. The van der Waals surface area contributed by atoms with E-state index in [4.69, 9.17) is 4.74 Å². The van der Waals surface area contributed by atoms with Gasteiger partial charge in [-0.1, -0.05) is 12.1 Å². The first-order valence-electron chi connectivity index (χ1n) is 8.94. The highest BCUT2D eigenvalue weighted by Crippen LogP contribution is 2.21. The number of ether oxygens (including phenoxy) is 1.